The van der Waals surface area contributed by atoms with E-state index >= 15 is 0 Å². The summed E-state index contributed by atoms with van der Waals surface area (Å²) in [5.41, 5.74) is 1.83. The van der Waals surface area contributed by atoms with Gasteiger partial charge in [-0.25, -0.2) is 4.39 Å². The van der Waals surface area contributed by atoms with Crippen molar-refractivity contribution in [1.82, 2.24) is 5.32 Å². The largest absolute Gasteiger partial charge is 0.374 e. The number of anilines is 1. The molecule has 100 valence electrons. The average molecular weight is 250 g/mol. The van der Waals surface area contributed by atoms with Gasteiger partial charge in [0, 0.05) is 37.4 Å². The molecule has 18 heavy (non-hydrogen) atoms. The van der Waals surface area contributed by atoms with Crippen LogP contribution in [0, 0.1) is 5.82 Å². The number of nitrogens with one attached hydrogen (secondary N) is 1. The summed E-state index contributed by atoms with van der Waals surface area (Å²) in [7, 11) is 2.05. The van der Waals surface area contributed by atoms with Crippen LogP contribution in [0.4, 0.5) is 10.1 Å². The molecule has 0 aliphatic heterocycles. The molecule has 1 aliphatic carbocycles. The highest BCUT2D eigenvalue weighted by Gasteiger charge is 2.21. The van der Waals surface area contributed by atoms with E-state index in [-0.39, 0.29) is 5.82 Å². The van der Waals surface area contributed by atoms with Gasteiger partial charge in [0.1, 0.15) is 5.82 Å². The SMILES string of the molecule is CCCCN(C)c1cccc(F)c1CNC1CC1. The molecule has 0 saturated heterocycles. The minimum atomic E-state index is -0.0935. The minimum absolute atomic E-state index is 0.0935. The second kappa shape index (κ2) is 6.19. The Morgan fingerprint density at radius 2 is 2.17 bits per heavy atom. The zero-order valence-corrected chi connectivity index (χ0v) is 11.4. The van der Waals surface area contributed by atoms with E-state index in [9.17, 15) is 4.39 Å². The first-order valence-electron chi connectivity index (χ1n) is 6.94. The van der Waals surface area contributed by atoms with Crippen molar-refractivity contribution in [2.75, 3.05) is 18.5 Å². The lowest BCUT2D eigenvalue weighted by Crippen LogP contribution is -2.23. The summed E-state index contributed by atoms with van der Waals surface area (Å²) in [5, 5.41) is 3.40. The van der Waals surface area contributed by atoms with E-state index in [0.717, 1.165) is 30.6 Å². The van der Waals surface area contributed by atoms with Crippen LogP contribution in [0.25, 0.3) is 0 Å². The molecular formula is C15H23FN2. The molecule has 2 nitrogen and oxygen atoms in total. The first kappa shape index (κ1) is 13.3. The number of benzene rings is 1. The third-order valence-electron chi connectivity index (χ3n) is 3.50. The molecule has 1 fully saturated rings. The second-order valence-electron chi connectivity index (χ2n) is 5.17. The van der Waals surface area contributed by atoms with Gasteiger partial charge in [-0.05, 0) is 31.4 Å². The number of unbranched alkanes of at least 4 members (excludes halogenated alkanes) is 1. The Morgan fingerprint density at radius 3 is 2.83 bits per heavy atom. The molecule has 3 heteroatoms. The van der Waals surface area contributed by atoms with E-state index in [1.165, 1.54) is 12.8 Å². The molecule has 1 saturated carbocycles. The van der Waals surface area contributed by atoms with Gasteiger partial charge in [-0.2, -0.15) is 0 Å². The lowest BCUT2D eigenvalue weighted by Gasteiger charge is -2.23. The highest BCUT2D eigenvalue weighted by Crippen LogP contribution is 2.25. The molecule has 1 aromatic carbocycles. The lowest BCUT2D eigenvalue weighted by atomic mass is 10.1. The monoisotopic (exact) mass is 250 g/mol. The highest BCUT2D eigenvalue weighted by atomic mass is 19.1. The van der Waals surface area contributed by atoms with Crippen LogP contribution < -0.4 is 10.2 Å². The molecule has 0 amide bonds. The van der Waals surface area contributed by atoms with Crippen LogP contribution >= 0.6 is 0 Å². The van der Waals surface area contributed by atoms with E-state index in [2.05, 4.69) is 17.1 Å². The summed E-state index contributed by atoms with van der Waals surface area (Å²) >= 11 is 0. The topological polar surface area (TPSA) is 15.3 Å². The molecule has 0 unspecified atom stereocenters. The summed E-state index contributed by atoms with van der Waals surface area (Å²) in [5.74, 6) is -0.0935. The third kappa shape index (κ3) is 3.45. The van der Waals surface area contributed by atoms with Crippen molar-refractivity contribution in [2.45, 2.75) is 45.2 Å². The standard InChI is InChI=1S/C15H23FN2/c1-3-4-10-18(2)15-7-5-6-14(16)13(15)11-17-12-8-9-12/h5-7,12,17H,3-4,8-11H2,1-2H3. The average Bonchev–Trinajstić information content (AvgIpc) is 3.18. The third-order valence-corrected chi connectivity index (χ3v) is 3.50. The summed E-state index contributed by atoms with van der Waals surface area (Å²) in [6, 6.07) is 5.98. The van der Waals surface area contributed by atoms with E-state index in [0.29, 0.717) is 12.6 Å². The van der Waals surface area contributed by atoms with Crippen LogP contribution in [0.15, 0.2) is 18.2 Å². The molecular weight excluding hydrogens is 227 g/mol. The summed E-state index contributed by atoms with van der Waals surface area (Å²) < 4.78 is 13.9. The van der Waals surface area contributed by atoms with Gasteiger partial charge in [0.2, 0.25) is 0 Å². The van der Waals surface area contributed by atoms with Crippen molar-refractivity contribution < 1.29 is 4.39 Å². The minimum Gasteiger partial charge on any atom is -0.374 e. The predicted molar refractivity (Wildman–Crippen MR) is 74.4 cm³/mol. The molecule has 0 radical (unpaired) electrons. The molecule has 1 aliphatic rings. The molecule has 1 aromatic rings. The van der Waals surface area contributed by atoms with Crippen LogP contribution in [0.3, 0.4) is 0 Å². The lowest BCUT2D eigenvalue weighted by molar-refractivity contribution is 0.585. The Labute approximate surface area is 109 Å². The summed E-state index contributed by atoms with van der Waals surface area (Å²) in [4.78, 5) is 2.16. The Kier molecular flexibility index (Phi) is 4.59. The first-order valence-corrected chi connectivity index (χ1v) is 6.94. The maximum atomic E-state index is 13.9. The predicted octanol–water partition coefficient (Wildman–Crippen LogP) is 3.31. The summed E-state index contributed by atoms with van der Waals surface area (Å²) in [6.07, 6.45) is 4.77. The molecule has 0 atom stereocenters. The van der Waals surface area contributed by atoms with Gasteiger partial charge in [0.25, 0.3) is 0 Å². The Morgan fingerprint density at radius 1 is 1.39 bits per heavy atom. The van der Waals surface area contributed by atoms with Crippen molar-refractivity contribution in [3.05, 3.63) is 29.6 Å². The fourth-order valence-electron chi connectivity index (χ4n) is 2.13. The van der Waals surface area contributed by atoms with Crippen LogP contribution in [-0.2, 0) is 6.54 Å². The Balaban J connectivity index is 2.08. The maximum absolute atomic E-state index is 13.9. The molecule has 0 bridgehead atoms. The Hall–Kier alpha value is -1.09. The highest BCUT2D eigenvalue weighted by molar-refractivity contribution is 5.53. The van der Waals surface area contributed by atoms with Crippen molar-refractivity contribution in [1.29, 1.82) is 0 Å². The smallest absolute Gasteiger partial charge is 0.129 e. The van der Waals surface area contributed by atoms with Gasteiger partial charge in [0.05, 0.1) is 0 Å². The number of halogens is 1. The van der Waals surface area contributed by atoms with Gasteiger partial charge in [-0.15, -0.1) is 0 Å². The molecule has 0 aromatic heterocycles. The molecule has 1 N–H and O–H groups in total. The number of nitrogens with zero attached hydrogens (tertiary/aromatic N) is 1. The first-order chi connectivity index (χ1) is 8.72. The van der Waals surface area contributed by atoms with Crippen LogP contribution in [0.2, 0.25) is 0 Å². The number of rotatable bonds is 7. The number of hydrogen-bond donors (Lipinski definition) is 1. The second-order valence-corrected chi connectivity index (χ2v) is 5.17. The number of hydrogen-bond acceptors (Lipinski definition) is 2. The molecule has 2 rings (SSSR count). The van der Waals surface area contributed by atoms with Crippen molar-refractivity contribution in [2.24, 2.45) is 0 Å². The van der Waals surface area contributed by atoms with Crippen LogP contribution in [-0.4, -0.2) is 19.6 Å². The van der Waals surface area contributed by atoms with Crippen molar-refractivity contribution in [3.63, 3.8) is 0 Å². The van der Waals surface area contributed by atoms with Crippen molar-refractivity contribution >= 4 is 5.69 Å². The van der Waals surface area contributed by atoms with Crippen LogP contribution in [0.5, 0.6) is 0 Å². The van der Waals surface area contributed by atoms with E-state index in [4.69, 9.17) is 0 Å². The maximum Gasteiger partial charge on any atom is 0.129 e. The van der Waals surface area contributed by atoms with E-state index < -0.39 is 0 Å². The normalized spacial score (nSPS) is 14.8. The molecule has 0 spiro atoms. The van der Waals surface area contributed by atoms with Crippen molar-refractivity contribution in [3.8, 4) is 0 Å². The fourth-order valence-corrected chi connectivity index (χ4v) is 2.13. The zero-order chi connectivity index (χ0) is 13.0. The van der Waals surface area contributed by atoms with Crippen LogP contribution in [0.1, 0.15) is 38.2 Å². The van der Waals surface area contributed by atoms with E-state index in [1.807, 2.05) is 13.1 Å². The van der Waals surface area contributed by atoms with Gasteiger partial charge >= 0.3 is 0 Å². The van der Waals surface area contributed by atoms with E-state index in [1.54, 1.807) is 12.1 Å². The zero-order valence-electron chi connectivity index (χ0n) is 11.4. The summed E-state index contributed by atoms with van der Waals surface area (Å²) in [6.45, 7) is 3.80. The van der Waals surface area contributed by atoms with Gasteiger partial charge < -0.3 is 10.2 Å². The quantitative estimate of drug-likeness (QED) is 0.798. The van der Waals surface area contributed by atoms with Gasteiger partial charge in [-0.1, -0.05) is 19.4 Å². The van der Waals surface area contributed by atoms with Gasteiger partial charge in [0.15, 0.2) is 0 Å². The molecule has 0 heterocycles. The van der Waals surface area contributed by atoms with Gasteiger partial charge in [-0.3, -0.25) is 0 Å². The fraction of sp³-hybridized carbons (Fsp3) is 0.600. The Bertz CT molecular complexity index is 388.